The summed E-state index contributed by atoms with van der Waals surface area (Å²) in [7, 11) is 1.55. The lowest BCUT2D eigenvalue weighted by atomic mass is 9.97. The molecule has 13 heteroatoms. The molecule has 2 aromatic carbocycles. The van der Waals surface area contributed by atoms with Crippen LogP contribution in [0.1, 0.15) is 52.8 Å². The van der Waals surface area contributed by atoms with Gasteiger partial charge in [0.25, 0.3) is 0 Å². The number of Topliss-reactive ketones (excluding diaryl/α,β-unsaturated/α-hetero) is 1. The van der Waals surface area contributed by atoms with Crippen molar-refractivity contribution in [2.75, 3.05) is 39.9 Å². The molecule has 0 saturated carbocycles. The van der Waals surface area contributed by atoms with Crippen molar-refractivity contribution in [3.05, 3.63) is 86.9 Å². The minimum absolute atomic E-state index is 0.00733. The highest BCUT2D eigenvalue weighted by Gasteiger charge is 2.27. The second-order valence-electron chi connectivity index (χ2n) is 12.7. The molecule has 1 atom stereocenters. The maximum Gasteiger partial charge on any atom is 0.387 e. The Labute approximate surface area is 300 Å². The lowest BCUT2D eigenvalue weighted by Gasteiger charge is -2.29. The quantitative estimate of drug-likeness (QED) is 0.144. The van der Waals surface area contributed by atoms with E-state index in [0.717, 1.165) is 32.5 Å². The summed E-state index contributed by atoms with van der Waals surface area (Å²) in [6.45, 7) is 3.43. The fraction of sp³-hybridized carbons (Fsp3) is 0.405. The standard InChI is InChI=1S/C37H39Cl2F2N5O4/c1-3-12-45-14-11-26-30(19-45)43-28(16-33(26)50-37(40)41)32(48)15-23-6-4-7-24(34(23)38)25-8-5-9-27(35(25)39)29-17-42-31(36(44-29)49-2)20-46-13-10-22(18-46)21-47/h4-9,16-17,22,37,47H,3,10-15,18-21H2,1-2H3. The number of ketones is 1. The average molecular weight is 727 g/mol. The molecular formula is C37H39Cl2F2N5O4. The highest BCUT2D eigenvalue weighted by molar-refractivity contribution is 6.38. The van der Waals surface area contributed by atoms with Crippen molar-refractivity contribution in [1.82, 2.24) is 24.8 Å². The number of pyridine rings is 1. The minimum Gasteiger partial charge on any atom is -0.480 e. The number of alkyl halides is 2. The number of benzene rings is 2. The third-order valence-corrected chi connectivity index (χ3v) is 10.1. The lowest BCUT2D eigenvalue weighted by Crippen LogP contribution is -2.32. The number of ether oxygens (including phenoxy) is 2. The van der Waals surface area contributed by atoms with Crippen LogP contribution in [0, 0.1) is 5.92 Å². The van der Waals surface area contributed by atoms with Crippen molar-refractivity contribution in [3.8, 4) is 34.0 Å². The number of nitrogens with zero attached hydrogens (tertiary/aromatic N) is 5. The summed E-state index contributed by atoms with van der Waals surface area (Å²) in [5, 5.41) is 10.2. The second-order valence-corrected chi connectivity index (χ2v) is 13.4. The van der Waals surface area contributed by atoms with E-state index in [2.05, 4.69) is 26.7 Å². The number of hydrogen-bond donors (Lipinski definition) is 1. The molecule has 2 aliphatic rings. The average Bonchev–Trinajstić information content (AvgIpc) is 3.57. The van der Waals surface area contributed by atoms with Gasteiger partial charge in [-0.3, -0.25) is 19.6 Å². The second kappa shape index (κ2) is 16.1. The predicted octanol–water partition coefficient (Wildman–Crippen LogP) is 7.13. The maximum absolute atomic E-state index is 13.6. The van der Waals surface area contributed by atoms with Crippen LogP contribution in [0.25, 0.3) is 22.4 Å². The zero-order valence-electron chi connectivity index (χ0n) is 28.0. The van der Waals surface area contributed by atoms with Crippen LogP contribution >= 0.6 is 23.2 Å². The highest BCUT2D eigenvalue weighted by atomic mass is 35.5. The van der Waals surface area contributed by atoms with Crippen LogP contribution in [0.5, 0.6) is 11.6 Å². The van der Waals surface area contributed by atoms with Crippen LogP contribution in [-0.4, -0.2) is 82.1 Å². The SMILES string of the molecule is CCCN1CCc2c(OC(F)F)cc(C(=O)Cc3cccc(-c4cccc(-c5cnc(CN6CCC(CO)C6)c(OC)n5)c4Cl)c3Cl)nc2C1. The Morgan fingerprint density at radius 2 is 1.82 bits per heavy atom. The maximum atomic E-state index is 13.6. The summed E-state index contributed by atoms with van der Waals surface area (Å²) in [4.78, 5) is 32.1. The van der Waals surface area contributed by atoms with E-state index in [4.69, 9.17) is 37.7 Å². The van der Waals surface area contributed by atoms with Gasteiger partial charge in [0.05, 0.1) is 34.7 Å². The molecule has 0 bridgehead atoms. The number of aromatic nitrogens is 3. The van der Waals surface area contributed by atoms with E-state index >= 15 is 0 Å². The molecule has 1 fully saturated rings. The monoisotopic (exact) mass is 725 g/mol. The Morgan fingerprint density at radius 1 is 1.06 bits per heavy atom. The molecule has 1 unspecified atom stereocenters. The molecule has 0 radical (unpaired) electrons. The Balaban J connectivity index is 1.26. The number of aliphatic hydroxyl groups is 1. The number of likely N-dealkylation sites (tertiary alicyclic amines) is 1. The molecule has 264 valence electrons. The van der Waals surface area contributed by atoms with Gasteiger partial charge in [-0.1, -0.05) is 66.5 Å². The van der Waals surface area contributed by atoms with Crippen LogP contribution in [0.4, 0.5) is 8.78 Å². The number of carbonyl (C=O) groups excluding carboxylic acids is 1. The van der Waals surface area contributed by atoms with Crippen molar-refractivity contribution < 1.29 is 28.2 Å². The predicted molar refractivity (Wildman–Crippen MR) is 188 cm³/mol. The number of hydrogen-bond acceptors (Lipinski definition) is 9. The molecule has 2 aliphatic heterocycles. The first-order valence-electron chi connectivity index (χ1n) is 16.7. The van der Waals surface area contributed by atoms with Crippen molar-refractivity contribution in [1.29, 1.82) is 0 Å². The van der Waals surface area contributed by atoms with Gasteiger partial charge in [0.1, 0.15) is 17.1 Å². The fourth-order valence-corrected chi connectivity index (χ4v) is 7.37. The molecule has 4 aromatic rings. The van der Waals surface area contributed by atoms with Gasteiger partial charge in [-0.05, 0) is 43.8 Å². The number of halogens is 4. The lowest BCUT2D eigenvalue weighted by molar-refractivity contribution is -0.0508. The van der Waals surface area contributed by atoms with Gasteiger partial charge < -0.3 is 14.6 Å². The first-order valence-corrected chi connectivity index (χ1v) is 17.5. The minimum atomic E-state index is -3.02. The Morgan fingerprint density at radius 3 is 2.54 bits per heavy atom. The summed E-state index contributed by atoms with van der Waals surface area (Å²) in [5.74, 6) is 0.274. The van der Waals surface area contributed by atoms with Gasteiger partial charge in [0.2, 0.25) is 5.88 Å². The Bertz CT molecular complexity index is 1860. The van der Waals surface area contributed by atoms with Crippen molar-refractivity contribution in [2.24, 2.45) is 5.92 Å². The molecule has 9 nitrogen and oxygen atoms in total. The zero-order valence-corrected chi connectivity index (χ0v) is 29.5. The third-order valence-electron chi connectivity index (χ3n) is 9.26. The molecule has 6 rings (SSSR count). The van der Waals surface area contributed by atoms with Crippen molar-refractivity contribution in [3.63, 3.8) is 0 Å². The Kier molecular flexibility index (Phi) is 11.6. The van der Waals surface area contributed by atoms with Crippen LogP contribution in [0.15, 0.2) is 48.7 Å². The molecular weight excluding hydrogens is 687 g/mol. The van der Waals surface area contributed by atoms with E-state index in [0.29, 0.717) is 86.9 Å². The first-order chi connectivity index (χ1) is 24.2. The van der Waals surface area contributed by atoms with Crippen molar-refractivity contribution >= 4 is 29.0 Å². The zero-order chi connectivity index (χ0) is 35.4. The molecule has 1 N–H and O–H groups in total. The van der Waals surface area contributed by atoms with Crippen molar-refractivity contribution in [2.45, 2.75) is 52.3 Å². The van der Waals surface area contributed by atoms with Gasteiger partial charge in [0, 0.05) is 67.5 Å². The van der Waals surface area contributed by atoms with Crippen LogP contribution in [-0.2, 0) is 25.9 Å². The summed E-state index contributed by atoms with van der Waals surface area (Å²) in [6, 6.07) is 12.2. The van der Waals surface area contributed by atoms with E-state index < -0.39 is 6.61 Å². The molecule has 50 heavy (non-hydrogen) atoms. The molecule has 0 aliphatic carbocycles. The number of carbonyl (C=O) groups is 1. The fourth-order valence-electron chi connectivity index (χ4n) is 6.75. The molecule has 4 heterocycles. The van der Waals surface area contributed by atoms with Gasteiger partial charge in [-0.15, -0.1) is 0 Å². The van der Waals surface area contributed by atoms with Crippen LogP contribution in [0.2, 0.25) is 10.0 Å². The van der Waals surface area contributed by atoms with Gasteiger partial charge in [-0.2, -0.15) is 8.78 Å². The Hall–Kier alpha value is -3.74. The van der Waals surface area contributed by atoms with E-state index in [-0.39, 0.29) is 36.2 Å². The third kappa shape index (κ3) is 7.92. The van der Waals surface area contributed by atoms with Crippen LogP contribution in [0.3, 0.4) is 0 Å². The summed E-state index contributed by atoms with van der Waals surface area (Å²) in [5.41, 5.74) is 4.87. The smallest absolute Gasteiger partial charge is 0.387 e. The van der Waals surface area contributed by atoms with E-state index in [1.165, 1.54) is 6.07 Å². The largest absolute Gasteiger partial charge is 0.480 e. The molecule has 2 aromatic heterocycles. The van der Waals surface area contributed by atoms with E-state index in [1.807, 2.05) is 24.3 Å². The molecule has 0 amide bonds. The topological polar surface area (TPSA) is 101 Å². The first kappa shape index (κ1) is 36.1. The number of methoxy groups -OCH3 is 1. The van der Waals surface area contributed by atoms with Gasteiger partial charge in [0.15, 0.2) is 5.78 Å². The highest BCUT2D eigenvalue weighted by Crippen LogP contribution is 2.40. The van der Waals surface area contributed by atoms with E-state index in [9.17, 15) is 18.7 Å². The van der Waals surface area contributed by atoms with Gasteiger partial charge in [-0.25, -0.2) is 9.97 Å². The summed E-state index contributed by atoms with van der Waals surface area (Å²) in [6.07, 6.45) is 3.95. The number of aliphatic hydroxyl groups excluding tert-OH is 1. The molecule has 0 spiro atoms. The number of fused-ring (bicyclic) bond motifs is 1. The molecule has 1 saturated heterocycles. The van der Waals surface area contributed by atoms with Gasteiger partial charge >= 0.3 is 6.61 Å². The van der Waals surface area contributed by atoms with Crippen LogP contribution < -0.4 is 9.47 Å². The normalized spacial score (nSPS) is 16.5. The van der Waals surface area contributed by atoms with E-state index in [1.54, 1.807) is 25.4 Å². The summed E-state index contributed by atoms with van der Waals surface area (Å²) < 4.78 is 37.2. The summed E-state index contributed by atoms with van der Waals surface area (Å²) >= 11 is 14.0. The number of rotatable bonds is 13.